The summed E-state index contributed by atoms with van der Waals surface area (Å²) in [5.41, 5.74) is 1.14. The summed E-state index contributed by atoms with van der Waals surface area (Å²) >= 11 is 0. The Balaban J connectivity index is 1.44. The lowest BCUT2D eigenvalue weighted by Gasteiger charge is -2.27. The second-order valence-electron chi connectivity index (χ2n) is 8.54. The predicted molar refractivity (Wildman–Crippen MR) is 123 cm³/mol. The molecular weight excluding hydrogens is 404 g/mol. The van der Waals surface area contributed by atoms with Crippen LogP contribution in [0, 0.1) is 5.92 Å². The quantitative estimate of drug-likeness (QED) is 0.326. The molecule has 172 valence electrons. The second kappa shape index (κ2) is 12.3. The van der Waals surface area contributed by atoms with E-state index in [2.05, 4.69) is 16.9 Å². The summed E-state index contributed by atoms with van der Waals surface area (Å²) in [4.78, 5) is 32.8. The fraction of sp³-hybridized carbons (Fsp3) is 0.538. The summed E-state index contributed by atoms with van der Waals surface area (Å²) < 4.78 is 11.0. The van der Waals surface area contributed by atoms with E-state index in [4.69, 9.17) is 9.47 Å². The Morgan fingerprint density at radius 1 is 0.906 bits per heavy atom. The summed E-state index contributed by atoms with van der Waals surface area (Å²) in [6.45, 7) is 4.34. The average Bonchev–Trinajstić information content (AvgIpc) is 2.83. The Bertz CT molecular complexity index is 856. The molecular formula is C26H34N2O4. The van der Waals surface area contributed by atoms with Gasteiger partial charge in [-0.15, -0.1) is 0 Å². The zero-order valence-corrected chi connectivity index (χ0v) is 19.2. The highest BCUT2D eigenvalue weighted by molar-refractivity contribution is 5.81. The van der Waals surface area contributed by atoms with Gasteiger partial charge in [-0.05, 0) is 74.3 Å². The number of rotatable bonds is 11. The van der Waals surface area contributed by atoms with Crippen molar-refractivity contribution in [2.45, 2.75) is 84.2 Å². The molecule has 1 aromatic heterocycles. The molecule has 0 N–H and O–H groups in total. The van der Waals surface area contributed by atoms with Crippen LogP contribution in [0.25, 0.3) is 0 Å². The van der Waals surface area contributed by atoms with Gasteiger partial charge in [-0.2, -0.15) is 0 Å². The second-order valence-corrected chi connectivity index (χ2v) is 8.54. The normalized spacial score (nSPS) is 18.2. The molecule has 1 aliphatic carbocycles. The first kappa shape index (κ1) is 23.9. The zero-order valence-electron chi connectivity index (χ0n) is 19.2. The number of aromatic nitrogens is 2. The third-order valence-corrected chi connectivity index (χ3v) is 6.03. The van der Waals surface area contributed by atoms with Crippen LogP contribution in [0.4, 0.5) is 0 Å². The van der Waals surface area contributed by atoms with E-state index >= 15 is 0 Å². The molecule has 2 aromatic rings. The fourth-order valence-electron chi connectivity index (χ4n) is 4.09. The topological polar surface area (TPSA) is 78.4 Å². The molecule has 0 unspecified atom stereocenters. The third kappa shape index (κ3) is 7.14. The van der Waals surface area contributed by atoms with E-state index in [0.29, 0.717) is 35.4 Å². The monoisotopic (exact) mass is 438 g/mol. The molecule has 32 heavy (non-hydrogen) atoms. The van der Waals surface area contributed by atoms with E-state index in [9.17, 15) is 9.59 Å². The van der Waals surface area contributed by atoms with Crippen LogP contribution in [0.5, 0.6) is 11.5 Å². The van der Waals surface area contributed by atoms with Crippen molar-refractivity contribution in [2.75, 3.05) is 0 Å². The largest absolute Gasteiger partial charge is 0.486 e. The van der Waals surface area contributed by atoms with Crippen molar-refractivity contribution >= 4 is 11.8 Å². The van der Waals surface area contributed by atoms with Gasteiger partial charge >= 0.3 is 5.97 Å². The van der Waals surface area contributed by atoms with Crippen LogP contribution in [0.3, 0.4) is 0 Å². The highest BCUT2D eigenvalue weighted by atomic mass is 16.5. The molecule has 0 bridgehead atoms. The summed E-state index contributed by atoms with van der Waals surface area (Å²) in [6.07, 6.45) is 11.8. The Hall–Kier alpha value is -2.76. The van der Waals surface area contributed by atoms with Crippen LogP contribution in [-0.2, 0) is 16.2 Å². The minimum atomic E-state index is -0.230. The minimum Gasteiger partial charge on any atom is -0.486 e. The third-order valence-electron chi connectivity index (χ3n) is 6.03. The molecule has 0 radical (unpaired) electrons. The molecule has 6 nitrogen and oxygen atoms in total. The van der Waals surface area contributed by atoms with Crippen molar-refractivity contribution < 1.29 is 19.1 Å². The molecule has 1 aromatic carbocycles. The van der Waals surface area contributed by atoms with Gasteiger partial charge < -0.3 is 9.47 Å². The van der Waals surface area contributed by atoms with E-state index < -0.39 is 0 Å². The van der Waals surface area contributed by atoms with Gasteiger partial charge in [-0.1, -0.05) is 20.3 Å². The maximum Gasteiger partial charge on any atom is 0.311 e. The van der Waals surface area contributed by atoms with Crippen LogP contribution in [-0.4, -0.2) is 21.7 Å². The van der Waals surface area contributed by atoms with Crippen LogP contribution in [0.1, 0.15) is 88.9 Å². The molecule has 0 amide bonds. The highest BCUT2D eigenvalue weighted by Gasteiger charge is 2.26. The number of benzene rings is 1. The van der Waals surface area contributed by atoms with Crippen molar-refractivity contribution in [2.24, 2.45) is 5.92 Å². The van der Waals surface area contributed by atoms with Gasteiger partial charge in [0.25, 0.3) is 0 Å². The number of carbonyl (C=O) groups excluding carboxylic acids is 2. The van der Waals surface area contributed by atoms with Gasteiger partial charge in [-0.3, -0.25) is 9.59 Å². The molecule has 1 heterocycles. The number of hydrogen-bond acceptors (Lipinski definition) is 6. The molecule has 0 saturated heterocycles. The molecule has 0 aliphatic heterocycles. The number of Topliss-reactive ketones (excluding diaryl/α,β-unsaturated/α-hetero) is 1. The first-order valence-corrected chi connectivity index (χ1v) is 11.9. The SMILES string of the molecule is CCCCC(=O)C1CCC(c2cnc(COc3ccc(OC(=O)CCC)cc3)nc2)CC1. The number of carbonyl (C=O) groups is 2. The van der Waals surface area contributed by atoms with Crippen molar-refractivity contribution in [3.05, 3.63) is 48.0 Å². The van der Waals surface area contributed by atoms with Crippen LogP contribution in [0.2, 0.25) is 0 Å². The van der Waals surface area contributed by atoms with Gasteiger partial charge in [0.1, 0.15) is 23.9 Å². The zero-order chi connectivity index (χ0) is 22.8. The number of esters is 1. The lowest BCUT2D eigenvalue weighted by atomic mass is 9.77. The van der Waals surface area contributed by atoms with E-state index in [-0.39, 0.29) is 18.5 Å². The lowest BCUT2D eigenvalue weighted by Crippen LogP contribution is -2.21. The molecule has 1 aliphatic rings. The van der Waals surface area contributed by atoms with Crippen molar-refractivity contribution in [1.29, 1.82) is 0 Å². The first-order chi connectivity index (χ1) is 15.6. The maximum absolute atomic E-state index is 12.3. The van der Waals surface area contributed by atoms with E-state index in [1.807, 2.05) is 19.3 Å². The summed E-state index contributed by atoms with van der Waals surface area (Å²) in [6, 6.07) is 6.97. The van der Waals surface area contributed by atoms with E-state index in [1.54, 1.807) is 24.3 Å². The fourth-order valence-corrected chi connectivity index (χ4v) is 4.09. The van der Waals surface area contributed by atoms with E-state index in [0.717, 1.165) is 56.9 Å². The minimum absolute atomic E-state index is 0.230. The Morgan fingerprint density at radius 3 is 2.19 bits per heavy atom. The van der Waals surface area contributed by atoms with Crippen molar-refractivity contribution in [3.63, 3.8) is 0 Å². The maximum atomic E-state index is 12.3. The Labute approximate surface area is 190 Å². The molecule has 0 spiro atoms. The number of hydrogen-bond donors (Lipinski definition) is 0. The number of unbranched alkanes of at least 4 members (excludes halogenated alkanes) is 1. The van der Waals surface area contributed by atoms with Gasteiger partial charge in [0.15, 0.2) is 5.82 Å². The van der Waals surface area contributed by atoms with Crippen LogP contribution in [0.15, 0.2) is 36.7 Å². The Kier molecular flexibility index (Phi) is 9.20. The summed E-state index contributed by atoms with van der Waals surface area (Å²) in [7, 11) is 0. The molecule has 0 atom stereocenters. The van der Waals surface area contributed by atoms with Gasteiger partial charge in [0.05, 0.1) is 0 Å². The van der Waals surface area contributed by atoms with Crippen LogP contribution >= 0.6 is 0 Å². The first-order valence-electron chi connectivity index (χ1n) is 11.9. The van der Waals surface area contributed by atoms with E-state index in [1.165, 1.54) is 0 Å². The predicted octanol–water partition coefficient (Wildman–Crippen LogP) is 5.79. The van der Waals surface area contributed by atoms with Gasteiger partial charge in [0, 0.05) is 31.2 Å². The number of ketones is 1. The van der Waals surface area contributed by atoms with Gasteiger partial charge in [-0.25, -0.2) is 9.97 Å². The molecule has 3 rings (SSSR count). The molecule has 6 heteroatoms. The Morgan fingerprint density at radius 2 is 1.56 bits per heavy atom. The number of nitrogens with zero attached hydrogens (tertiary/aromatic N) is 2. The van der Waals surface area contributed by atoms with Crippen LogP contribution < -0.4 is 9.47 Å². The van der Waals surface area contributed by atoms with Gasteiger partial charge in [0.2, 0.25) is 0 Å². The average molecular weight is 439 g/mol. The highest BCUT2D eigenvalue weighted by Crippen LogP contribution is 2.36. The summed E-state index contributed by atoms with van der Waals surface area (Å²) in [5, 5.41) is 0. The summed E-state index contributed by atoms with van der Waals surface area (Å²) in [5.74, 6) is 2.69. The van der Waals surface area contributed by atoms with Crippen molar-refractivity contribution in [1.82, 2.24) is 9.97 Å². The smallest absolute Gasteiger partial charge is 0.311 e. The molecule has 1 fully saturated rings. The lowest BCUT2D eigenvalue weighted by molar-refractivity contribution is -0.134. The van der Waals surface area contributed by atoms with Crippen molar-refractivity contribution in [3.8, 4) is 11.5 Å². The standard InChI is InChI=1S/C26H34N2O4/c1-3-5-7-24(29)20-10-8-19(9-11-20)21-16-27-25(28-17-21)18-31-22-12-14-23(15-13-22)32-26(30)6-4-2/h12-17,19-20H,3-11,18H2,1-2H3. The number of ether oxygens (including phenoxy) is 2. The molecule has 1 saturated carbocycles.